The lowest BCUT2D eigenvalue weighted by Gasteiger charge is -2.31. The minimum atomic E-state index is -3.35. The summed E-state index contributed by atoms with van der Waals surface area (Å²) in [5, 5.41) is 3.58. The van der Waals surface area contributed by atoms with Gasteiger partial charge in [0.1, 0.15) is 0 Å². The SMILES string of the molecule is Cl.O=S(=O)(c1cccc(Br)c1)N1CCC(NCC2CC2)CC1. The summed E-state index contributed by atoms with van der Waals surface area (Å²) >= 11 is 3.34. The Labute approximate surface area is 147 Å². The lowest BCUT2D eigenvalue weighted by molar-refractivity contribution is 0.288. The highest BCUT2D eigenvalue weighted by Crippen LogP contribution is 2.28. The highest BCUT2D eigenvalue weighted by molar-refractivity contribution is 9.10. The predicted molar refractivity (Wildman–Crippen MR) is 93.9 cm³/mol. The smallest absolute Gasteiger partial charge is 0.243 e. The van der Waals surface area contributed by atoms with Gasteiger partial charge in [-0.2, -0.15) is 4.31 Å². The zero-order valence-electron chi connectivity index (χ0n) is 12.4. The van der Waals surface area contributed by atoms with Crippen molar-refractivity contribution in [2.45, 2.75) is 36.6 Å². The van der Waals surface area contributed by atoms with E-state index in [0.29, 0.717) is 24.0 Å². The van der Waals surface area contributed by atoms with Gasteiger partial charge in [-0.15, -0.1) is 12.4 Å². The Bertz CT molecular complexity index is 599. The molecular formula is C15H22BrClN2O2S. The molecule has 0 bridgehead atoms. The van der Waals surface area contributed by atoms with Gasteiger partial charge in [-0.05, 0) is 56.3 Å². The van der Waals surface area contributed by atoms with Crippen molar-refractivity contribution in [3.63, 3.8) is 0 Å². The van der Waals surface area contributed by atoms with Crippen molar-refractivity contribution < 1.29 is 8.42 Å². The molecule has 0 radical (unpaired) electrons. The van der Waals surface area contributed by atoms with Crippen molar-refractivity contribution in [2.75, 3.05) is 19.6 Å². The van der Waals surface area contributed by atoms with E-state index in [-0.39, 0.29) is 12.4 Å². The molecule has 0 amide bonds. The molecule has 1 saturated heterocycles. The van der Waals surface area contributed by atoms with Crippen LogP contribution in [-0.4, -0.2) is 38.4 Å². The van der Waals surface area contributed by atoms with Crippen LogP contribution >= 0.6 is 28.3 Å². The number of halogens is 2. The van der Waals surface area contributed by atoms with E-state index in [4.69, 9.17) is 0 Å². The van der Waals surface area contributed by atoms with Gasteiger partial charge in [-0.25, -0.2) is 8.42 Å². The number of nitrogens with zero attached hydrogens (tertiary/aromatic N) is 1. The van der Waals surface area contributed by atoms with Crippen molar-refractivity contribution in [3.8, 4) is 0 Å². The van der Waals surface area contributed by atoms with E-state index >= 15 is 0 Å². The zero-order valence-corrected chi connectivity index (χ0v) is 15.6. The highest BCUT2D eigenvalue weighted by Gasteiger charge is 2.30. The standard InChI is InChI=1S/C15H21BrN2O2S.ClH/c16-13-2-1-3-15(10-13)21(19,20)18-8-6-14(7-9-18)17-11-12-4-5-12;/h1-3,10,12,14,17H,4-9,11H2;1H. The first kappa shape index (κ1) is 18.2. The molecular weight excluding hydrogens is 388 g/mol. The molecule has 2 aliphatic rings. The van der Waals surface area contributed by atoms with Crippen molar-refractivity contribution in [2.24, 2.45) is 5.92 Å². The molecule has 1 aliphatic heterocycles. The summed E-state index contributed by atoms with van der Waals surface area (Å²) in [4.78, 5) is 0.376. The molecule has 22 heavy (non-hydrogen) atoms. The maximum atomic E-state index is 12.6. The van der Waals surface area contributed by atoms with Crippen LogP contribution in [0, 0.1) is 5.92 Å². The summed E-state index contributed by atoms with van der Waals surface area (Å²) in [5.41, 5.74) is 0. The van der Waals surface area contributed by atoms with Crippen LogP contribution in [0.2, 0.25) is 0 Å². The van der Waals surface area contributed by atoms with Crippen LogP contribution in [0.15, 0.2) is 33.6 Å². The Morgan fingerprint density at radius 3 is 2.45 bits per heavy atom. The van der Waals surface area contributed by atoms with Crippen LogP contribution in [0.4, 0.5) is 0 Å². The molecule has 0 unspecified atom stereocenters. The van der Waals surface area contributed by atoms with Crippen molar-refractivity contribution in [1.29, 1.82) is 0 Å². The monoisotopic (exact) mass is 408 g/mol. The van der Waals surface area contributed by atoms with E-state index in [1.54, 1.807) is 22.5 Å². The molecule has 1 aromatic rings. The van der Waals surface area contributed by atoms with Gasteiger partial charge in [0.15, 0.2) is 0 Å². The first-order valence-corrected chi connectivity index (χ1v) is 9.78. The molecule has 1 N–H and O–H groups in total. The predicted octanol–water partition coefficient (Wildman–Crippen LogP) is 3.02. The van der Waals surface area contributed by atoms with E-state index in [1.165, 1.54) is 12.8 Å². The Morgan fingerprint density at radius 1 is 1.18 bits per heavy atom. The molecule has 0 atom stereocenters. The van der Waals surface area contributed by atoms with Gasteiger partial charge in [0.25, 0.3) is 0 Å². The van der Waals surface area contributed by atoms with Crippen LogP contribution in [0.25, 0.3) is 0 Å². The van der Waals surface area contributed by atoms with Crippen molar-refractivity contribution in [3.05, 3.63) is 28.7 Å². The third-order valence-corrected chi connectivity index (χ3v) is 6.67. The van der Waals surface area contributed by atoms with E-state index in [9.17, 15) is 8.42 Å². The summed E-state index contributed by atoms with van der Waals surface area (Å²) < 4.78 is 27.6. The second-order valence-electron chi connectivity index (χ2n) is 5.99. The maximum absolute atomic E-state index is 12.6. The fourth-order valence-electron chi connectivity index (χ4n) is 2.73. The Morgan fingerprint density at radius 2 is 1.86 bits per heavy atom. The van der Waals surface area contributed by atoms with E-state index in [1.807, 2.05) is 6.07 Å². The molecule has 1 aliphatic carbocycles. The largest absolute Gasteiger partial charge is 0.314 e. The maximum Gasteiger partial charge on any atom is 0.243 e. The number of nitrogens with one attached hydrogen (secondary N) is 1. The van der Waals surface area contributed by atoms with Crippen LogP contribution < -0.4 is 5.32 Å². The summed E-state index contributed by atoms with van der Waals surface area (Å²) in [6, 6.07) is 7.41. The molecule has 2 fully saturated rings. The molecule has 7 heteroatoms. The summed E-state index contributed by atoms with van der Waals surface area (Å²) in [6.07, 6.45) is 4.51. The number of piperidine rings is 1. The summed E-state index contributed by atoms with van der Waals surface area (Å²) in [5.74, 6) is 0.869. The lowest BCUT2D eigenvalue weighted by atomic mass is 10.1. The van der Waals surface area contributed by atoms with Gasteiger partial charge < -0.3 is 5.32 Å². The van der Waals surface area contributed by atoms with Crippen LogP contribution in [0.1, 0.15) is 25.7 Å². The average molecular weight is 410 g/mol. The number of hydrogen-bond donors (Lipinski definition) is 1. The summed E-state index contributed by atoms with van der Waals surface area (Å²) in [6.45, 7) is 2.32. The third-order valence-electron chi connectivity index (χ3n) is 4.28. The molecule has 4 nitrogen and oxygen atoms in total. The van der Waals surface area contributed by atoms with Crippen LogP contribution in [-0.2, 0) is 10.0 Å². The first-order chi connectivity index (χ1) is 10.1. The van der Waals surface area contributed by atoms with Gasteiger partial charge in [0.05, 0.1) is 4.90 Å². The molecule has 0 aromatic heterocycles. The highest BCUT2D eigenvalue weighted by atomic mass is 79.9. The fourth-order valence-corrected chi connectivity index (χ4v) is 4.80. The number of sulfonamides is 1. The van der Waals surface area contributed by atoms with Crippen LogP contribution in [0.5, 0.6) is 0 Å². The van der Waals surface area contributed by atoms with E-state index < -0.39 is 10.0 Å². The molecule has 0 spiro atoms. The van der Waals surface area contributed by atoms with Gasteiger partial charge in [0.2, 0.25) is 10.0 Å². The quantitative estimate of drug-likeness (QED) is 0.813. The normalized spacial score (nSPS) is 20.6. The minimum absolute atomic E-state index is 0. The lowest BCUT2D eigenvalue weighted by Crippen LogP contribution is -2.45. The van der Waals surface area contributed by atoms with Crippen molar-refractivity contribution >= 4 is 38.4 Å². The second-order valence-corrected chi connectivity index (χ2v) is 8.84. The first-order valence-electron chi connectivity index (χ1n) is 7.55. The second kappa shape index (κ2) is 7.62. The minimum Gasteiger partial charge on any atom is -0.314 e. The van der Waals surface area contributed by atoms with Crippen molar-refractivity contribution in [1.82, 2.24) is 9.62 Å². The Kier molecular flexibility index (Phi) is 6.30. The Hall–Kier alpha value is -0.140. The zero-order chi connectivity index (χ0) is 14.9. The van der Waals surface area contributed by atoms with Gasteiger partial charge in [-0.1, -0.05) is 22.0 Å². The van der Waals surface area contributed by atoms with Gasteiger partial charge in [-0.3, -0.25) is 0 Å². The number of benzene rings is 1. The number of rotatable bonds is 5. The summed E-state index contributed by atoms with van der Waals surface area (Å²) in [7, 11) is -3.35. The Balaban J connectivity index is 0.00000176. The molecule has 1 heterocycles. The molecule has 124 valence electrons. The van der Waals surface area contributed by atoms with Gasteiger partial charge in [0, 0.05) is 23.6 Å². The van der Waals surface area contributed by atoms with E-state index in [2.05, 4.69) is 21.2 Å². The molecule has 1 saturated carbocycles. The third kappa shape index (κ3) is 4.45. The van der Waals surface area contributed by atoms with Gasteiger partial charge >= 0.3 is 0 Å². The topological polar surface area (TPSA) is 49.4 Å². The molecule has 3 rings (SSSR count). The molecule has 1 aromatic carbocycles. The average Bonchev–Trinajstić information content (AvgIpc) is 3.30. The van der Waals surface area contributed by atoms with Crippen LogP contribution in [0.3, 0.4) is 0 Å². The number of hydrogen-bond acceptors (Lipinski definition) is 3. The van der Waals surface area contributed by atoms with E-state index in [0.717, 1.165) is 29.8 Å². The fraction of sp³-hybridized carbons (Fsp3) is 0.600.